The SMILES string of the molecule is CN1CCN=C1NCCC(=O)NC(C)(C)C.I. The fraction of sp³-hybridized carbons (Fsp3) is 0.818. The molecule has 1 aliphatic rings. The van der Waals surface area contributed by atoms with E-state index >= 15 is 0 Å². The molecule has 0 saturated heterocycles. The van der Waals surface area contributed by atoms with E-state index in [0.717, 1.165) is 19.0 Å². The van der Waals surface area contributed by atoms with Crippen LogP contribution < -0.4 is 10.6 Å². The summed E-state index contributed by atoms with van der Waals surface area (Å²) in [6.45, 7) is 8.36. The topological polar surface area (TPSA) is 56.7 Å². The molecule has 100 valence electrons. The molecule has 1 aliphatic heterocycles. The predicted octanol–water partition coefficient (Wildman–Crippen LogP) is 0.800. The van der Waals surface area contributed by atoms with Gasteiger partial charge in [0.05, 0.1) is 6.54 Å². The number of halogens is 1. The third-order valence-electron chi connectivity index (χ3n) is 2.21. The van der Waals surface area contributed by atoms with Crippen LogP contribution in [0.5, 0.6) is 0 Å². The van der Waals surface area contributed by atoms with Gasteiger partial charge in [-0.25, -0.2) is 0 Å². The summed E-state index contributed by atoms with van der Waals surface area (Å²) in [6, 6.07) is 0. The van der Waals surface area contributed by atoms with E-state index in [0.29, 0.717) is 13.0 Å². The van der Waals surface area contributed by atoms with Crippen LogP contribution in [0, 0.1) is 0 Å². The number of nitrogens with zero attached hydrogens (tertiary/aromatic N) is 2. The van der Waals surface area contributed by atoms with Gasteiger partial charge in [0.1, 0.15) is 0 Å². The van der Waals surface area contributed by atoms with Gasteiger partial charge in [-0.2, -0.15) is 0 Å². The van der Waals surface area contributed by atoms with Gasteiger partial charge in [0, 0.05) is 32.1 Å². The molecule has 1 amide bonds. The van der Waals surface area contributed by atoms with Gasteiger partial charge in [0.15, 0.2) is 5.96 Å². The van der Waals surface area contributed by atoms with E-state index in [1.807, 2.05) is 27.8 Å². The molecule has 0 spiro atoms. The Labute approximate surface area is 120 Å². The van der Waals surface area contributed by atoms with E-state index in [2.05, 4.69) is 20.5 Å². The molecule has 0 aliphatic carbocycles. The maximum atomic E-state index is 11.5. The van der Waals surface area contributed by atoms with Gasteiger partial charge in [-0.15, -0.1) is 24.0 Å². The first-order chi connectivity index (χ1) is 7.38. The van der Waals surface area contributed by atoms with Gasteiger partial charge < -0.3 is 15.5 Å². The number of aliphatic imine (C=N–C) groups is 1. The van der Waals surface area contributed by atoms with Gasteiger partial charge in [0.2, 0.25) is 5.91 Å². The quantitative estimate of drug-likeness (QED) is 0.738. The lowest BCUT2D eigenvalue weighted by Crippen LogP contribution is -2.43. The van der Waals surface area contributed by atoms with Crippen LogP contribution in [-0.2, 0) is 4.79 Å². The van der Waals surface area contributed by atoms with Crippen molar-refractivity contribution in [1.29, 1.82) is 0 Å². The largest absolute Gasteiger partial charge is 0.356 e. The maximum Gasteiger partial charge on any atom is 0.222 e. The number of amides is 1. The van der Waals surface area contributed by atoms with Crippen molar-refractivity contribution in [1.82, 2.24) is 15.5 Å². The van der Waals surface area contributed by atoms with E-state index in [4.69, 9.17) is 0 Å². The molecule has 17 heavy (non-hydrogen) atoms. The summed E-state index contributed by atoms with van der Waals surface area (Å²) in [5.41, 5.74) is -0.154. The van der Waals surface area contributed by atoms with Crippen LogP contribution >= 0.6 is 24.0 Å². The first-order valence-electron chi connectivity index (χ1n) is 5.69. The molecule has 0 fully saturated rings. The Bertz CT molecular complexity index is 286. The molecule has 0 aromatic carbocycles. The normalized spacial score (nSPS) is 15.1. The maximum absolute atomic E-state index is 11.5. The number of hydrogen-bond acceptors (Lipinski definition) is 4. The highest BCUT2D eigenvalue weighted by atomic mass is 127. The smallest absolute Gasteiger partial charge is 0.222 e. The molecule has 6 heteroatoms. The Kier molecular flexibility index (Phi) is 6.81. The van der Waals surface area contributed by atoms with Crippen molar-refractivity contribution in [3.05, 3.63) is 0 Å². The number of rotatable bonds is 3. The van der Waals surface area contributed by atoms with Crippen molar-refractivity contribution >= 4 is 35.8 Å². The van der Waals surface area contributed by atoms with Crippen LogP contribution in [-0.4, -0.2) is 49.0 Å². The molecule has 0 bridgehead atoms. The molecule has 0 unspecified atom stereocenters. The molecule has 0 aromatic rings. The minimum Gasteiger partial charge on any atom is -0.356 e. The highest BCUT2D eigenvalue weighted by molar-refractivity contribution is 14.0. The predicted molar refractivity (Wildman–Crippen MR) is 80.9 cm³/mol. The summed E-state index contributed by atoms with van der Waals surface area (Å²) in [4.78, 5) is 17.9. The number of nitrogens with one attached hydrogen (secondary N) is 2. The summed E-state index contributed by atoms with van der Waals surface area (Å²) < 4.78 is 0. The Morgan fingerprint density at radius 2 is 2.12 bits per heavy atom. The second-order valence-corrected chi connectivity index (χ2v) is 5.10. The monoisotopic (exact) mass is 354 g/mol. The fourth-order valence-corrected chi connectivity index (χ4v) is 1.49. The van der Waals surface area contributed by atoms with Crippen LogP contribution in [0.4, 0.5) is 0 Å². The van der Waals surface area contributed by atoms with E-state index in [-0.39, 0.29) is 35.4 Å². The minimum atomic E-state index is -0.154. The zero-order valence-corrected chi connectivity index (χ0v) is 13.4. The van der Waals surface area contributed by atoms with Crippen LogP contribution in [0.1, 0.15) is 27.2 Å². The molecule has 2 N–H and O–H groups in total. The highest BCUT2D eigenvalue weighted by Gasteiger charge is 2.14. The lowest BCUT2D eigenvalue weighted by molar-refractivity contribution is -0.122. The summed E-state index contributed by atoms with van der Waals surface area (Å²) in [5.74, 6) is 0.963. The molecule has 0 radical (unpaired) electrons. The first kappa shape index (κ1) is 16.5. The average molecular weight is 354 g/mol. The minimum absolute atomic E-state index is 0. The van der Waals surface area contributed by atoms with Crippen LogP contribution in [0.3, 0.4) is 0 Å². The number of hydrogen-bond donors (Lipinski definition) is 2. The van der Waals surface area contributed by atoms with Gasteiger partial charge in [-0.3, -0.25) is 9.79 Å². The van der Waals surface area contributed by atoms with Crippen LogP contribution in [0.2, 0.25) is 0 Å². The zero-order chi connectivity index (χ0) is 12.2. The molecule has 0 atom stereocenters. The standard InChI is InChI=1S/C11H22N4O.HI/c1-11(2,3)14-9(16)5-6-12-10-13-7-8-15(10)4;/h5-8H2,1-4H3,(H,12,13)(H,14,16);1H. The van der Waals surface area contributed by atoms with E-state index in [1.54, 1.807) is 0 Å². The lowest BCUT2D eigenvalue weighted by Gasteiger charge is -2.21. The second-order valence-electron chi connectivity index (χ2n) is 5.10. The van der Waals surface area contributed by atoms with Crippen molar-refractivity contribution in [3.8, 4) is 0 Å². The summed E-state index contributed by atoms with van der Waals surface area (Å²) >= 11 is 0. The number of carbonyl (C=O) groups is 1. The molecule has 0 saturated carbocycles. The van der Waals surface area contributed by atoms with Gasteiger partial charge in [-0.1, -0.05) is 0 Å². The van der Waals surface area contributed by atoms with Gasteiger partial charge in [0.25, 0.3) is 0 Å². The van der Waals surface area contributed by atoms with Crippen LogP contribution in [0.25, 0.3) is 0 Å². The van der Waals surface area contributed by atoms with Crippen molar-refractivity contribution in [2.45, 2.75) is 32.7 Å². The number of carbonyl (C=O) groups excluding carboxylic acids is 1. The molecule has 0 aromatic heterocycles. The van der Waals surface area contributed by atoms with Crippen molar-refractivity contribution in [3.63, 3.8) is 0 Å². The molecule has 5 nitrogen and oxygen atoms in total. The molecule has 1 heterocycles. The fourth-order valence-electron chi connectivity index (χ4n) is 1.49. The third kappa shape index (κ3) is 6.70. The Hall–Kier alpha value is -0.530. The number of guanidine groups is 1. The van der Waals surface area contributed by atoms with Crippen molar-refractivity contribution in [2.75, 3.05) is 26.7 Å². The van der Waals surface area contributed by atoms with Crippen LogP contribution in [0.15, 0.2) is 4.99 Å². The molecular formula is C11H23IN4O. The number of likely N-dealkylation sites (N-methyl/N-ethyl adjacent to an activating group) is 1. The molecule has 1 rings (SSSR count). The van der Waals surface area contributed by atoms with Crippen molar-refractivity contribution in [2.24, 2.45) is 4.99 Å². The molecular weight excluding hydrogens is 331 g/mol. The van der Waals surface area contributed by atoms with Crippen molar-refractivity contribution < 1.29 is 4.79 Å². The highest BCUT2D eigenvalue weighted by Crippen LogP contribution is 1.99. The first-order valence-corrected chi connectivity index (χ1v) is 5.69. The van der Waals surface area contributed by atoms with E-state index in [9.17, 15) is 4.79 Å². The summed E-state index contributed by atoms with van der Waals surface area (Å²) in [5, 5.41) is 6.09. The second kappa shape index (κ2) is 7.03. The van der Waals surface area contributed by atoms with E-state index < -0.39 is 0 Å². The third-order valence-corrected chi connectivity index (χ3v) is 2.21. The lowest BCUT2D eigenvalue weighted by atomic mass is 10.1. The van der Waals surface area contributed by atoms with Gasteiger partial charge in [-0.05, 0) is 20.8 Å². The average Bonchev–Trinajstić information content (AvgIpc) is 2.48. The summed E-state index contributed by atoms with van der Waals surface area (Å²) in [7, 11) is 1.99. The zero-order valence-electron chi connectivity index (χ0n) is 11.0. The Morgan fingerprint density at radius 1 is 1.47 bits per heavy atom. The summed E-state index contributed by atoms with van der Waals surface area (Å²) in [6.07, 6.45) is 0.476. The Morgan fingerprint density at radius 3 is 2.59 bits per heavy atom. The Balaban J connectivity index is 0.00000256. The van der Waals surface area contributed by atoms with Gasteiger partial charge >= 0.3 is 0 Å². The van der Waals surface area contributed by atoms with E-state index in [1.165, 1.54) is 0 Å².